The first-order chi connectivity index (χ1) is 41.5. The Kier molecular flexibility index (Phi) is 18.1. The summed E-state index contributed by atoms with van der Waals surface area (Å²) in [6.07, 6.45) is -13.4. The summed E-state index contributed by atoms with van der Waals surface area (Å²) in [5.41, 5.74) is 2.69. The minimum absolute atomic E-state index is 0.0511. The highest BCUT2D eigenvalue weighted by Crippen LogP contribution is 2.39. The Bertz CT molecular complexity index is 4010. The summed E-state index contributed by atoms with van der Waals surface area (Å²) < 4.78 is 122. The number of anilines is 3. The number of imidazole rings is 3. The molecule has 12 rings (SSSR count). The lowest BCUT2D eigenvalue weighted by atomic mass is 10.1. The number of phenolic OH excluding ortho intramolecular Hbond substituents is 3. The zero-order valence-electron chi connectivity index (χ0n) is 46.8. The van der Waals surface area contributed by atoms with Gasteiger partial charge in [0.05, 0.1) is 44.3 Å². The van der Waals surface area contributed by atoms with E-state index in [1.54, 1.807) is 33.4 Å². The second-order valence-electron chi connectivity index (χ2n) is 21.4. The van der Waals surface area contributed by atoms with Gasteiger partial charge in [0.1, 0.15) is 22.8 Å². The Morgan fingerprint density at radius 1 is 0.368 bits per heavy atom. The zero-order valence-corrected chi connectivity index (χ0v) is 46.8. The molecule has 6 N–H and O–H groups in total. The predicted octanol–water partition coefficient (Wildman–Crippen LogP) is 8.63. The normalized spacial score (nSPS) is 15.9. The topological polar surface area (TPSA) is 193 Å². The van der Waals surface area contributed by atoms with Crippen LogP contribution in [0.3, 0.4) is 0 Å². The van der Waals surface area contributed by atoms with Crippen LogP contribution in [0.5, 0.6) is 17.2 Å². The maximum atomic E-state index is 13.0. The molecule has 87 heavy (non-hydrogen) atoms. The van der Waals surface area contributed by atoms with Crippen molar-refractivity contribution < 1.29 is 54.8 Å². The molecule has 9 aromatic rings. The van der Waals surface area contributed by atoms with E-state index in [1.807, 2.05) is 63.2 Å². The third-order valence-electron chi connectivity index (χ3n) is 16.0. The average Bonchev–Trinajstić information content (AvgIpc) is 2.83. The maximum Gasteiger partial charge on any atom is 0.420 e. The van der Waals surface area contributed by atoms with Crippen molar-refractivity contribution >= 4 is 50.2 Å². The van der Waals surface area contributed by atoms with Crippen LogP contribution in [0, 0.1) is 0 Å². The van der Waals surface area contributed by atoms with Gasteiger partial charge in [-0.15, -0.1) is 0 Å². The van der Waals surface area contributed by atoms with Gasteiger partial charge in [-0.3, -0.25) is 28.4 Å². The first kappa shape index (κ1) is 61.3. The number of benzene rings is 6. The first-order valence-corrected chi connectivity index (χ1v) is 28.1. The van der Waals surface area contributed by atoms with Crippen LogP contribution >= 0.6 is 0 Å². The Labute approximate surface area is 490 Å². The fourth-order valence-electron chi connectivity index (χ4n) is 11.3. The fourth-order valence-corrected chi connectivity index (χ4v) is 11.3. The second-order valence-corrected chi connectivity index (χ2v) is 21.4. The molecule has 27 heteroatoms. The molecule has 0 bridgehead atoms. The molecule has 0 amide bonds. The standard InChI is InChI=1S/3C20H21F3N4O2/c21-20(22,23)14-3-1-4-15(13-14)26-10-7-25(8-11-26)9-12-27-18-16(24-19(27)29)5-2-6-17(18)28;21-20(22,23)14-11-15(13-16(28)12-14)26-8-5-25(6-9-26)7-10-27-18-4-2-1-3-17(18)24-19(27)29;21-20(22,23)15-13-14(5-6-18(15)28)26-10-7-25(8-11-26)9-12-27-17-4-2-1-3-16(17)24-19(27)29/h1-6,13,28H,7-12H2,(H,24,29);1-4,11-13,28H,5-10H2,(H,24,29);1-6,13,28H,7-12H2,(H,24,29). The van der Waals surface area contributed by atoms with E-state index in [0.717, 1.165) is 52.4 Å². The molecule has 0 atom stereocenters. The number of para-hydroxylation sites is 5. The van der Waals surface area contributed by atoms with Crippen molar-refractivity contribution in [3.05, 3.63) is 176 Å². The number of halogens is 9. The SMILES string of the molecule is O=c1[nH]c2cccc(O)c2n1CCN1CCN(c2cccc(C(F)(F)F)c2)CC1.O=c1[nH]c2ccccc2n1CCN1CCN(c2cc(O)cc(C(F)(F)F)c2)CC1.O=c1[nH]c2ccccc2n1CCN1CCN(c2ccc(O)c(C(F)(F)F)c2)CC1. The van der Waals surface area contributed by atoms with Gasteiger partial charge in [-0.2, -0.15) is 39.5 Å². The number of nitrogens with zero attached hydrogens (tertiary/aromatic N) is 9. The van der Waals surface area contributed by atoms with Crippen molar-refractivity contribution in [2.24, 2.45) is 0 Å². The molecule has 3 aliphatic heterocycles. The highest BCUT2D eigenvalue weighted by atomic mass is 19.4. The second kappa shape index (κ2) is 25.6. The number of phenols is 3. The van der Waals surface area contributed by atoms with Gasteiger partial charge >= 0.3 is 35.6 Å². The van der Waals surface area contributed by atoms with Crippen LogP contribution in [-0.4, -0.2) is 157 Å². The largest absolute Gasteiger partial charge is 0.508 e. The quantitative estimate of drug-likeness (QED) is 0.0639. The molecule has 0 spiro atoms. The van der Waals surface area contributed by atoms with Crippen LogP contribution in [0.25, 0.3) is 33.1 Å². The van der Waals surface area contributed by atoms with Crippen LogP contribution in [0.1, 0.15) is 16.7 Å². The number of hydrogen-bond donors (Lipinski definition) is 6. The summed E-state index contributed by atoms with van der Waals surface area (Å²) in [4.78, 5) is 57.1. The molecule has 3 saturated heterocycles. The van der Waals surface area contributed by atoms with Crippen molar-refractivity contribution in [1.29, 1.82) is 0 Å². The highest BCUT2D eigenvalue weighted by molar-refractivity contribution is 5.81. The number of alkyl halides is 9. The minimum Gasteiger partial charge on any atom is -0.508 e. The van der Waals surface area contributed by atoms with Gasteiger partial charge in [0.2, 0.25) is 0 Å². The summed E-state index contributed by atoms with van der Waals surface area (Å²) in [6, 6.07) is 32.1. The summed E-state index contributed by atoms with van der Waals surface area (Å²) in [5.74, 6) is -1.10. The lowest BCUT2D eigenvalue weighted by molar-refractivity contribution is -0.139. The van der Waals surface area contributed by atoms with Gasteiger partial charge in [-0.1, -0.05) is 36.4 Å². The van der Waals surface area contributed by atoms with Crippen LogP contribution in [0.4, 0.5) is 56.6 Å². The van der Waals surface area contributed by atoms with E-state index in [9.17, 15) is 69.2 Å². The molecule has 3 aromatic heterocycles. The van der Waals surface area contributed by atoms with Crippen molar-refractivity contribution in [3.8, 4) is 17.2 Å². The number of aromatic hydroxyl groups is 3. The molecule has 0 unspecified atom stereocenters. The number of rotatable bonds is 12. The summed E-state index contributed by atoms with van der Waals surface area (Å²) in [7, 11) is 0. The molecule has 0 aliphatic carbocycles. The van der Waals surface area contributed by atoms with E-state index in [-0.39, 0.29) is 22.8 Å². The number of H-pyrrole nitrogens is 3. The molecule has 462 valence electrons. The van der Waals surface area contributed by atoms with E-state index >= 15 is 0 Å². The third-order valence-corrected chi connectivity index (χ3v) is 16.0. The number of aromatic nitrogens is 6. The van der Waals surface area contributed by atoms with Crippen molar-refractivity contribution in [1.82, 2.24) is 43.4 Å². The van der Waals surface area contributed by atoms with Crippen LogP contribution in [0.15, 0.2) is 142 Å². The molecular formula is C60H63F9N12O6. The lowest BCUT2D eigenvalue weighted by Gasteiger charge is -2.36. The van der Waals surface area contributed by atoms with Gasteiger partial charge < -0.3 is 45.0 Å². The van der Waals surface area contributed by atoms with E-state index in [0.29, 0.717) is 146 Å². The number of aromatic amines is 3. The van der Waals surface area contributed by atoms with E-state index in [1.165, 1.54) is 28.8 Å². The summed E-state index contributed by atoms with van der Waals surface area (Å²) in [5, 5.41) is 29.2. The molecule has 3 fully saturated rings. The zero-order chi connectivity index (χ0) is 61.8. The van der Waals surface area contributed by atoms with Crippen LogP contribution in [0.2, 0.25) is 0 Å². The van der Waals surface area contributed by atoms with Crippen LogP contribution < -0.4 is 31.8 Å². The van der Waals surface area contributed by atoms with E-state index in [2.05, 4.69) is 29.7 Å². The number of hydrogen-bond acceptors (Lipinski definition) is 12. The third kappa shape index (κ3) is 14.5. The van der Waals surface area contributed by atoms with Gasteiger partial charge in [0, 0.05) is 141 Å². The smallest absolute Gasteiger partial charge is 0.420 e. The molecule has 0 radical (unpaired) electrons. The number of nitrogens with one attached hydrogen (secondary N) is 3. The molecular weight excluding hydrogens is 1160 g/mol. The van der Waals surface area contributed by atoms with Crippen molar-refractivity contribution in [3.63, 3.8) is 0 Å². The first-order valence-electron chi connectivity index (χ1n) is 28.1. The predicted molar refractivity (Wildman–Crippen MR) is 313 cm³/mol. The van der Waals surface area contributed by atoms with Crippen LogP contribution in [-0.2, 0) is 38.2 Å². The summed E-state index contributed by atoms with van der Waals surface area (Å²) in [6.45, 7) is 10.9. The molecule has 3 aliphatic rings. The number of fused-ring (bicyclic) bond motifs is 3. The van der Waals surface area contributed by atoms with Gasteiger partial charge in [0.25, 0.3) is 0 Å². The Morgan fingerprint density at radius 3 is 1.30 bits per heavy atom. The Morgan fingerprint density at radius 2 is 0.793 bits per heavy atom. The minimum atomic E-state index is -4.59. The Balaban J connectivity index is 0.000000144. The van der Waals surface area contributed by atoms with Crippen molar-refractivity contribution in [2.75, 3.05) is 113 Å². The fraction of sp³-hybridized carbons (Fsp3) is 0.350. The van der Waals surface area contributed by atoms with Gasteiger partial charge in [0.15, 0.2) is 0 Å². The van der Waals surface area contributed by atoms with Gasteiger partial charge in [-0.05, 0) is 84.9 Å². The van der Waals surface area contributed by atoms with Crippen molar-refractivity contribution in [2.45, 2.75) is 38.2 Å². The van der Waals surface area contributed by atoms with Gasteiger partial charge in [-0.25, -0.2) is 14.4 Å². The average molecular weight is 1220 g/mol. The highest BCUT2D eigenvalue weighted by Gasteiger charge is 2.36. The van der Waals surface area contributed by atoms with E-state index in [4.69, 9.17) is 0 Å². The maximum absolute atomic E-state index is 13.0. The lowest BCUT2D eigenvalue weighted by Crippen LogP contribution is -2.47. The Hall–Kier alpha value is -8.82. The molecule has 6 aromatic carbocycles. The monoisotopic (exact) mass is 1220 g/mol. The number of piperazine rings is 3. The molecule has 18 nitrogen and oxygen atoms in total. The summed E-state index contributed by atoms with van der Waals surface area (Å²) >= 11 is 0. The molecule has 0 saturated carbocycles. The molecule has 6 heterocycles. The van der Waals surface area contributed by atoms with E-state index < -0.39 is 46.7 Å².